The van der Waals surface area contributed by atoms with Gasteiger partial charge in [-0.15, -0.1) is 0 Å². The predicted molar refractivity (Wildman–Crippen MR) is 61.9 cm³/mol. The fraction of sp³-hybridized carbons (Fsp3) is 0.500. The van der Waals surface area contributed by atoms with Crippen molar-refractivity contribution < 1.29 is 4.79 Å². The van der Waals surface area contributed by atoms with Gasteiger partial charge in [0, 0.05) is 17.3 Å². The van der Waals surface area contributed by atoms with Crippen LogP contribution in [-0.2, 0) is 10.2 Å². The lowest BCUT2D eigenvalue weighted by Crippen LogP contribution is -2.57. The molecule has 0 spiro atoms. The van der Waals surface area contributed by atoms with Crippen molar-refractivity contribution in [2.75, 3.05) is 0 Å². The summed E-state index contributed by atoms with van der Waals surface area (Å²) in [6.45, 7) is 8.41. The minimum Gasteiger partial charge on any atom is -0.299 e. The van der Waals surface area contributed by atoms with Gasteiger partial charge in [0.1, 0.15) is 5.78 Å². The first-order chi connectivity index (χ1) is 6.88. The zero-order valence-corrected chi connectivity index (χ0v) is 9.92. The predicted octanol–water partition coefficient (Wildman–Crippen LogP) is 3.25. The Morgan fingerprint density at radius 3 is 2.33 bits per heavy atom. The Morgan fingerprint density at radius 2 is 1.87 bits per heavy atom. The molecule has 0 heterocycles. The number of aryl methyl sites for hydroxylation is 1. The Balaban J connectivity index is 2.44. The minimum atomic E-state index is -0.208. The molecule has 0 aromatic heterocycles. The molecule has 1 saturated carbocycles. The standard InChI is InChI=1S/C14H18O/c1-10-6-5-7-11(8-10)14(4)9-12(15)13(14,2)3/h5-8H,9H2,1-4H3. The maximum atomic E-state index is 11.6. The van der Waals surface area contributed by atoms with E-state index in [0.717, 1.165) is 0 Å². The van der Waals surface area contributed by atoms with Gasteiger partial charge in [0.15, 0.2) is 0 Å². The number of benzene rings is 1. The lowest BCUT2D eigenvalue weighted by Gasteiger charge is -2.53. The largest absolute Gasteiger partial charge is 0.299 e. The SMILES string of the molecule is Cc1cccc(C2(C)CC(=O)C2(C)C)c1. The van der Waals surface area contributed by atoms with Crippen molar-refractivity contribution in [3.63, 3.8) is 0 Å². The number of ketones is 1. The Bertz CT molecular complexity index is 417. The molecular formula is C14H18O. The fourth-order valence-corrected chi connectivity index (χ4v) is 2.42. The maximum absolute atomic E-state index is 11.6. The number of Topliss-reactive ketones (excluding diaryl/α,β-unsaturated/α-hetero) is 1. The second-order valence-electron chi connectivity index (χ2n) is 5.43. The number of hydrogen-bond donors (Lipinski definition) is 0. The highest BCUT2D eigenvalue weighted by molar-refractivity contribution is 5.94. The number of rotatable bonds is 1. The molecule has 0 radical (unpaired) electrons. The molecule has 80 valence electrons. The zero-order valence-electron chi connectivity index (χ0n) is 9.92. The van der Waals surface area contributed by atoms with Gasteiger partial charge >= 0.3 is 0 Å². The van der Waals surface area contributed by atoms with Gasteiger partial charge in [0.2, 0.25) is 0 Å². The van der Waals surface area contributed by atoms with Gasteiger partial charge in [-0.25, -0.2) is 0 Å². The number of carbonyl (C=O) groups excluding carboxylic acids is 1. The quantitative estimate of drug-likeness (QED) is 0.683. The van der Waals surface area contributed by atoms with E-state index in [1.54, 1.807) is 0 Å². The number of hydrogen-bond acceptors (Lipinski definition) is 1. The van der Waals surface area contributed by atoms with Crippen LogP contribution in [0, 0.1) is 12.3 Å². The van der Waals surface area contributed by atoms with E-state index in [-0.39, 0.29) is 10.8 Å². The van der Waals surface area contributed by atoms with E-state index in [2.05, 4.69) is 52.0 Å². The lowest BCUT2D eigenvalue weighted by atomic mass is 9.48. The Hall–Kier alpha value is -1.11. The molecular weight excluding hydrogens is 184 g/mol. The molecule has 1 aliphatic rings. The van der Waals surface area contributed by atoms with Crippen LogP contribution in [0.15, 0.2) is 24.3 Å². The first-order valence-electron chi connectivity index (χ1n) is 5.48. The van der Waals surface area contributed by atoms with Crippen molar-refractivity contribution in [3.8, 4) is 0 Å². The van der Waals surface area contributed by atoms with Gasteiger partial charge in [-0.05, 0) is 12.5 Å². The molecule has 1 aromatic rings. The second-order valence-corrected chi connectivity index (χ2v) is 5.43. The monoisotopic (exact) mass is 202 g/mol. The highest BCUT2D eigenvalue weighted by Crippen LogP contribution is 2.54. The van der Waals surface area contributed by atoms with Gasteiger partial charge in [0.25, 0.3) is 0 Å². The summed E-state index contributed by atoms with van der Waals surface area (Å²) in [5, 5.41) is 0. The summed E-state index contributed by atoms with van der Waals surface area (Å²) in [6.07, 6.45) is 0.684. The van der Waals surface area contributed by atoms with Crippen molar-refractivity contribution in [2.45, 2.75) is 39.5 Å². The summed E-state index contributed by atoms with van der Waals surface area (Å²) in [5.74, 6) is 0.381. The van der Waals surface area contributed by atoms with Crippen molar-refractivity contribution in [3.05, 3.63) is 35.4 Å². The van der Waals surface area contributed by atoms with Crippen molar-refractivity contribution in [2.24, 2.45) is 5.41 Å². The summed E-state index contributed by atoms with van der Waals surface area (Å²) in [5.41, 5.74) is 2.38. The average molecular weight is 202 g/mol. The zero-order chi connectivity index (χ0) is 11.3. The molecule has 0 amide bonds. The van der Waals surface area contributed by atoms with Crippen LogP contribution >= 0.6 is 0 Å². The maximum Gasteiger partial charge on any atom is 0.140 e. The van der Waals surface area contributed by atoms with E-state index in [1.165, 1.54) is 11.1 Å². The first kappa shape index (κ1) is 10.4. The van der Waals surface area contributed by atoms with Crippen LogP contribution in [0.3, 0.4) is 0 Å². The van der Waals surface area contributed by atoms with Crippen LogP contribution in [0.4, 0.5) is 0 Å². The van der Waals surface area contributed by atoms with Crippen molar-refractivity contribution in [1.29, 1.82) is 0 Å². The number of carbonyl (C=O) groups is 1. The molecule has 1 atom stereocenters. The molecule has 0 bridgehead atoms. The van der Waals surface area contributed by atoms with Crippen LogP contribution in [-0.4, -0.2) is 5.78 Å². The van der Waals surface area contributed by atoms with Crippen LogP contribution in [0.2, 0.25) is 0 Å². The topological polar surface area (TPSA) is 17.1 Å². The van der Waals surface area contributed by atoms with Crippen LogP contribution < -0.4 is 0 Å². The van der Waals surface area contributed by atoms with E-state index in [4.69, 9.17) is 0 Å². The Labute approximate surface area is 91.5 Å². The Kier molecular flexibility index (Phi) is 2.04. The molecule has 0 aliphatic heterocycles. The van der Waals surface area contributed by atoms with Gasteiger partial charge in [-0.3, -0.25) is 4.79 Å². The molecule has 1 aliphatic carbocycles. The first-order valence-corrected chi connectivity index (χ1v) is 5.48. The van der Waals surface area contributed by atoms with E-state index >= 15 is 0 Å². The summed E-state index contributed by atoms with van der Waals surface area (Å²) in [4.78, 5) is 11.6. The molecule has 2 rings (SSSR count). The fourth-order valence-electron chi connectivity index (χ4n) is 2.42. The van der Waals surface area contributed by atoms with Gasteiger partial charge in [-0.1, -0.05) is 50.6 Å². The molecule has 0 N–H and O–H groups in total. The van der Waals surface area contributed by atoms with Crippen molar-refractivity contribution >= 4 is 5.78 Å². The van der Waals surface area contributed by atoms with Crippen molar-refractivity contribution in [1.82, 2.24) is 0 Å². The van der Waals surface area contributed by atoms with E-state index < -0.39 is 0 Å². The lowest BCUT2D eigenvalue weighted by molar-refractivity contribution is -0.144. The average Bonchev–Trinajstić information content (AvgIpc) is 2.17. The van der Waals surface area contributed by atoms with Crippen LogP contribution in [0.25, 0.3) is 0 Å². The van der Waals surface area contributed by atoms with E-state index in [0.29, 0.717) is 12.2 Å². The third-order valence-electron chi connectivity index (χ3n) is 4.25. The molecule has 15 heavy (non-hydrogen) atoms. The molecule has 1 nitrogen and oxygen atoms in total. The molecule has 1 unspecified atom stereocenters. The smallest absolute Gasteiger partial charge is 0.140 e. The van der Waals surface area contributed by atoms with Gasteiger partial charge in [-0.2, -0.15) is 0 Å². The summed E-state index contributed by atoms with van der Waals surface area (Å²) < 4.78 is 0. The van der Waals surface area contributed by atoms with E-state index in [9.17, 15) is 4.79 Å². The molecule has 1 aromatic carbocycles. The third-order valence-corrected chi connectivity index (χ3v) is 4.25. The molecule has 1 heteroatoms. The second kappa shape index (κ2) is 2.94. The summed E-state index contributed by atoms with van der Waals surface area (Å²) in [6, 6.07) is 8.52. The molecule has 0 saturated heterocycles. The summed E-state index contributed by atoms with van der Waals surface area (Å²) in [7, 11) is 0. The van der Waals surface area contributed by atoms with Gasteiger partial charge < -0.3 is 0 Å². The minimum absolute atomic E-state index is 0.0239. The highest BCUT2D eigenvalue weighted by Gasteiger charge is 2.57. The summed E-state index contributed by atoms with van der Waals surface area (Å²) >= 11 is 0. The van der Waals surface area contributed by atoms with E-state index in [1.807, 2.05) is 0 Å². The van der Waals surface area contributed by atoms with Crippen LogP contribution in [0.1, 0.15) is 38.3 Å². The normalized spacial score (nSPS) is 28.7. The highest BCUT2D eigenvalue weighted by atomic mass is 16.1. The Morgan fingerprint density at radius 1 is 1.20 bits per heavy atom. The third kappa shape index (κ3) is 1.26. The molecule has 1 fully saturated rings. The van der Waals surface area contributed by atoms with Crippen LogP contribution in [0.5, 0.6) is 0 Å². The van der Waals surface area contributed by atoms with Gasteiger partial charge in [0.05, 0.1) is 0 Å².